The van der Waals surface area contributed by atoms with Crippen molar-refractivity contribution in [1.29, 1.82) is 0 Å². The Hall–Kier alpha value is -1.79. The summed E-state index contributed by atoms with van der Waals surface area (Å²) in [5, 5.41) is 0. The fourth-order valence-electron chi connectivity index (χ4n) is 3.39. The van der Waals surface area contributed by atoms with Crippen molar-refractivity contribution in [3.8, 4) is 0 Å². The van der Waals surface area contributed by atoms with Crippen molar-refractivity contribution in [3.05, 3.63) is 53.7 Å². The molecular formula is C18H20N2O3S. The Bertz CT molecular complexity index is 725. The number of aryl methyl sites for hydroxylation is 1. The summed E-state index contributed by atoms with van der Waals surface area (Å²) in [6.07, 6.45) is 4.60. The summed E-state index contributed by atoms with van der Waals surface area (Å²) in [5.74, 6) is 1.75. The highest BCUT2D eigenvalue weighted by Crippen LogP contribution is 2.46. The van der Waals surface area contributed by atoms with Crippen molar-refractivity contribution >= 4 is 17.7 Å². The zero-order valence-electron chi connectivity index (χ0n) is 13.6. The fraction of sp³-hybridized carbons (Fsp3) is 0.444. The molecule has 2 saturated heterocycles. The van der Waals surface area contributed by atoms with E-state index in [0.29, 0.717) is 17.9 Å². The lowest BCUT2D eigenvalue weighted by Gasteiger charge is -2.47. The van der Waals surface area contributed by atoms with Crippen LogP contribution in [0, 0.1) is 6.92 Å². The third kappa shape index (κ3) is 2.96. The maximum Gasteiger partial charge on any atom is 0.257 e. The van der Waals surface area contributed by atoms with Gasteiger partial charge in [-0.1, -0.05) is 6.07 Å². The molecule has 126 valence electrons. The van der Waals surface area contributed by atoms with E-state index < -0.39 is 0 Å². The number of pyridine rings is 1. The maximum atomic E-state index is 12.5. The summed E-state index contributed by atoms with van der Waals surface area (Å²) in [6.45, 7) is 3.97. The first-order valence-corrected chi connectivity index (χ1v) is 9.13. The fourth-order valence-corrected chi connectivity index (χ4v) is 4.94. The molecule has 2 aromatic heterocycles. The minimum atomic E-state index is 0.0744. The lowest BCUT2D eigenvalue weighted by molar-refractivity contribution is 0.0244. The molecule has 0 bridgehead atoms. The molecule has 0 aliphatic carbocycles. The number of carbonyl (C=O) groups excluding carboxylic acids is 1. The molecule has 1 amide bonds. The number of hydrogen-bond acceptors (Lipinski definition) is 5. The Balaban J connectivity index is 1.29. The lowest BCUT2D eigenvalue weighted by Crippen LogP contribution is -2.60. The van der Waals surface area contributed by atoms with E-state index in [0.717, 1.165) is 31.0 Å². The SMILES string of the molecule is Cc1occc1C(=O)N1CC2(C[C@H](OCc3ccccn3)CS2)C1. The van der Waals surface area contributed by atoms with E-state index in [9.17, 15) is 4.79 Å². The van der Waals surface area contributed by atoms with Gasteiger partial charge >= 0.3 is 0 Å². The first-order chi connectivity index (χ1) is 11.7. The highest BCUT2D eigenvalue weighted by Gasteiger charge is 2.51. The van der Waals surface area contributed by atoms with E-state index >= 15 is 0 Å². The molecule has 0 N–H and O–H groups in total. The Labute approximate surface area is 145 Å². The smallest absolute Gasteiger partial charge is 0.257 e. The number of thioether (sulfide) groups is 1. The Kier molecular flexibility index (Phi) is 4.10. The lowest BCUT2D eigenvalue weighted by atomic mass is 9.92. The molecule has 2 aliphatic heterocycles. The summed E-state index contributed by atoms with van der Waals surface area (Å²) in [7, 11) is 0. The molecule has 4 heterocycles. The van der Waals surface area contributed by atoms with Crippen molar-refractivity contribution in [2.24, 2.45) is 0 Å². The molecule has 2 fully saturated rings. The second kappa shape index (κ2) is 6.26. The highest BCUT2D eigenvalue weighted by molar-refractivity contribution is 8.01. The van der Waals surface area contributed by atoms with Crippen molar-refractivity contribution in [2.45, 2.75) is 30.8 Å². The molecule has 0 aromatic carbocycles. The Morgan fingerprint density at radius 3 is 3.04 bits per heavy atom. The summed E-state index contributed by atoms with van der Waals surface area (Å²) >= 11 is 1.93. The van der Waals surface area contributed by atoms with Gasteiger partial charge in [0.2, 0.25) is 0 Å². The van der Waals surface area contributed by atoms with Crippen LogP contribution in [-0.4, -0.2) is 45.5 Å². The highest BCUT2D eigenvalue weighted by atomic mass is 32.2. The van der Waals surface area contributed by atoms with E-state index in [2.05, 4.69) is 4.98 Å². The Morgan fingerprint density at radius 1 is 1.46 bits per heavy atom. The number of amides is 1. The van der Waals surface area contributed by atoms with Crippen LogP contribution in [0.15, 0.2) is 41.1 Å². The van der Waals surface area contributed by atoms with Crippen LogP contribution in [0.4, 0.5) is 0 Å². The Morgan fingerprint density at radius 2 is 2.33 bits per heavy atom. The summed E-state index contributed by atoms with van der Waals surface area (Å²) in [5.41, 5.74) is 1.64. The van der Waals surface area contributed by atoms with Gasteiger partial charge in [-0.3, -0.25) is 9.78 Å². The van der Waals surface area contributed by atoms with Gasteiger partial charge in [-0.2, -0.15) is 0 Å². The van der Waals surface area contributed by atoms with E-state index in [-0.39, 0.29) is 16.8 Å². The summed E-state index contributed by atoms with van der Waals surface area (Å²) in [6, 6.07) is 7.62. The van der Waals surface area contributed by atoms with E-state index in [1.54, 1.807) is 18.5 Å². The van der Waals surface area contributed by atoms with E-state index in [1.807, 2.05) is 41.8 Å². The molecule has 4 rings (SSSR count). The molecule has 0 unspecified atom stereocenters. The van der Waals surface area contributed by atoms with Gasteiger partial charge in [0.15, 0.2) is 0 Å². The standard InChI is InChI=1S/C18H20N2O3S/c1-13-16(5-7-22-13)17(21)20-11-18(12-20)8-15(10-24-18)23-9-14-4-2-3-6-19-14/h2-7,15H,8-12H2,1H3/t15-/m0/s1. The monoisotopic (exact) mass is 344 g/mol. The molecule has 24 heavy (non-hydrogen) atoms. The van der Waals surface area contributed by atoms with Crippen LogP contribution in [0.25, 0.3) is 0 Å². The zero-order chi connectivity index (χ0) is 16.6. The maximum absolute atomic E-state index is 12.5. The first kappa shape index (κ1) is 15.7. The number of furan rings is 1. The molecule has 6 heteroatoms. The van der Waals surface area contributed by atoms with Gasteiger partial charge in [-0.15, -0.1) is 11.8 Å². The van der Waals surface area contributed by atoms with Gasteiger partial charge in [-0.25, -0.2) is 0 Å². The zero-order valence-corrected chi connectivity index (χ0v) is 14.4. The number of carbonyl (C=O) groups is 1. The number of likely N-dealkylation sites (tertiary alicyclic amines) is 1. The van der Waals surface area contributed by atoms with Crippen LogP contribution in [-0.2, 0) is 11.3 Å². The molecule has 5 nitrogen and oxygen atoms in total. The third-order valence-corrected chi connectivity index (χ3v) is 6.28. The number of rotatable bonds is 4. The van der Waals surface area contributed by atoms with Crippen LogP contribution in [0.2, 0.25) is 0 Å². The van der Waals surface area contributed by atoms with Gasteiger partial charge < -0.3 is 14.1 Å². The van der Waals surface area contributed by atoms with Crippen molar-refractivity contribution in [2.75, 3.05) is 18.8 Å². The van der Waals surface area contributed by atoms with E-state index in [4.69, 9.17) is 9.15 Å². The van der Waals surface area contributed by atoms with E-state index in [1.165, 1.54) is 0 Å². The molecule has 2 aliphatic rings. The molecule has 0 radical (unpaired) electrons. The summed E-state index contributed by atoms with van der Waals surface area (Å²) in [4.78, 5) is 18.7. The third-order valence-electron chi connectivity index (χ3n) is 4.70. The second-order valence-electron chi connectivity index (χ2n) is 6.50. The number of nitrogens with zero attached hydrogens (tertiary/aromatic N) is 2. The second-order valence-corrected chi connectivity index (χ2v) is 7.99. The average molecular weight is 344 g/mol. The first-order valence-electron chi connectivity index (χ1n) is 8.14. The minimum Gasteiger partial charge on any atom is -0.469 e. The molecule has 1 spiro atoms. The molecule has 0 saturated carbocycles. The molecule has 2 aromatic rings. The molecular weight excluding hydrogens is 324 g/mol. The van der Waals surface area contributed by atoms with Crippen LogP contribution < -0.4 is 0 Å². The van der Waals surface area contributed by atoms with Gasteiger partial charge in [0, 0.05) is 25.0 Å². The number of aromatic nitrogens is 1. The van der Waals surface area contributed by atoms with Crippen molar-refractivity contribution in [3.63, 3.8) is 0 Å². The minimum absolute atomic E-state index is 0.0744. The quantitative estimate of drug-likeness (QED) is 0.854. The van der Waals surface area contributed by atoms with Crippen molar-refractivity contribution < 1.29 is 13.9 Å². The van der Waals surface area contributed by atoms with Crippen molar-refractivity contribution in [1.82, 2.24) is 9.88 Å². The largest absolute Gasteiger partial charge is 0.469 e. The number of ether oxygens (including phenoxy) is 1. The predicted octanol–water partition coefficient (Wildman–Crippen LogP) is 2.90. The average Bonchev–Trinajstić information content (AvgIpc) is 3.18. The normalized spacial score (nSPS) is 21.9. The van der Waals surface area contributed by atoms with Gasteiger partial charge in [0.05, 0.1) is 35.0 Å². The van der Waals surface area contributed by atoms with Crippen LogP contribution in [0.5, 0.6) is 0 Å². The van der Waals surface area contributed by atoms with Gasteiger partial charge in [-0.05, 0) is 31.5 Å². The predicted molar refractivity (Wildman–Crippen MR) is 92.0 cm³/mol. The van der Waals surface area contributed by atoms with Crippen LogP contribution >= 0.6 is 11.8 Å². The van der Waals surface area contributed by atoms with Crippen LogP contribution in [0.3, 0.4) is 0 Å². The van der Waals surface area contributed by atoms with Gasteiger partial charge in [0.1, 0.15) is 5.76 Å². The molecule has 1 atom stereocenters. The van der Waals surface area contributed by atoms with Gasteiger partial charge in [0.25, 0.3) is 5.91 Å². The van der Waals surface area contributed by atoms with Crippen LogP contribution in [0.1, 0.15) is 28.2 Å². The number of hydrogen-bond donors (Lipinski definition) is 0. The summed E-state index contributed by atoms with van der Waals surface area (Å²) < 4.78 is 11.4. The topological polar surface area (TPSA) is 55.6 Å².